The van der Waals surface area contributed by atoms with E-state index in [-0.39, 0.29) is 13.0 Å². The highest BCUT2D eigenvalue weighted by Crippen LogP contribution is 2.40. The van der Waals surface area contributed by atoms with Gasteiger partial charge in [0, 0.05) is 18.3 Å². The molecule has 0 radical (unpaired) electrons. The fourth-order valence-corrected chi connectivity index (χ4v) is 8.57. The van der Waals surface area contributed by atoms with Crippen molar-refractivity contribution in [3.05, 3.63) is 41.2 Å². The van der Waals surface area contributed by atoms with Crippen LogP contribution in [0.25, 0.3) is 0 Å². The highest BCUT2D eigenvalue weighted by molar-refractivity contribution is 7.92. The molecule has 1 aromatic carbocycles. The van der Waals surface area contributed by atoms with E-state index >= 15 is 0 Å². The topological polar surface area (TPSA) is 127 Å². The Morgan fingerprint density at radius 2 is 1.73 bits per heavy atom. The molecule has 1 aromatic heterocycles. The van der Waals surface area contributed by atoms with Crippen molar-refractivity contribution in [2.24, 2.45) is 0 Å². The van der Waals surface area contributed by atoms with Gasteiger partial charge in [-0.15, -0.1) is 0 Å². The number of rotatable bonds is 8. The van der Waals surface area contributed by atoms with Crippen molar-refractivity contribution >= 4 is 25.8 Å². The Balaban J connectivity index is 1.74. The molecule has 0 spiro atoms. The minimum Gasteiger partial charge on any atom is -0.481 e. The van der Waals surface area contributed by atoms with Gasteiger partial charge in [-0.05, 0) is 50.3 Å². The van der Waals surface area contributed by atoms with Gasteiger partial charge in [0.15, 0.2) is 9.84 Å². The second-order valence-electron chi connectivity index (χ2n) is 9.49. The largest absolute Gasteiger partial charge is 0.481 e. The van der Waals surface area contributed by atoms with Crippen LogP contribution in [-0.4, -0.2) is 54.3 Å². The molecule has 0 unspecified atom stereocenters. The zero-order chi connectivity index (χ0) is 27.2. The molecular weight excluding hydrogens is 535 g/mol. The van der Waals surface area contributed by atoms with Gasteiger partial charge in [-0.1, -0.05) is 12.8 Å². The van der Waals surface area contributed by atoms with Crippen molar-refractivity contribution in [2.45, 2.75) is 85.2 Å². The first-order valence-electron chi connectivity index (χ1n) is 11.9. The molecule has 0 amide bonds. The van der Waals surface area contributed by atoms with E-state index in [9.17, 15) is 34.8 Å². The Morgan fingerprint density at radius 3 is 2.35 bits per heavy atom. The molecule has 1 saturated carbocycles. The van der Waals surface area contributed by atoms with Crippen molar-refractivity contribution in [3.63, 3.8) is 0 Å². The average Bonchev–Trinajstić information content (AvgIpc) is 3.52. The van der Waals surface area contributed by atoms with Crippen LogP contribution in [0.5, 0.6) is 0 Å². The molecule has 2 aliphatic carbocycles. The van der Waals surface area contributed by atoms with Gasteiger partial charge in [-0.25, -0.2) is 16.8 Å². The number of carbonyl (C=O) groups is 1. The lowest BCUT2D eigenvalue weighted by Gasteiger charge is -2.31. The number of nitrogens with zero attached hydrogens (tertiary/aromatic N) is 3. The summed E-state index contributed by atoms with van der Waals surface area (Å²) < 4.78 is 97.1. The van der Waals surface area contributed by atoms with Crippen molar-refractivity contribution in [3.8, 4) is 0 Å². The number of hydrogen-bond donors (Lipinski definition) is 1. The predicted molar refractivity (Wildman–Crippen MR) is 126 cm³/mol. The Labute approximate surface area is 213 Å². The molecule has 37 heavy (non-hydrogen) atoms. The lowest BCUT2D eigenvalue weighted by Crippen LogP contribution is -2.34. The first-order valence-corrected chi connectivity index (χ1v) is 14.9. The maximum Gasteiger partial charge on any atom is 0.416 e. The number of carboxylic acid groups (broad SMARTS) is 1. The van der Waals surface area contributed by atoms with Gasteiger partial charge < -0.3 is 5.11 Å². The number of hydrogen-bond acceptors (Lipinski definition) is 6. The van der Waals surface area contributed by atoms with E-state index in [1.165, 1.54) is 17.9 Å². The number of halogens is 3. The molecule has 9 nitrogen and oxygen atoms in total. The molecule has 14 heteroatoms. The summed E-state index contributed by atoms with van der Waals surface area (Å²) in [5.41, 5.74) is -0.119. The number of aryl methyl sites for hydroxylation is 1. The Morgan fingerprint density at radius 1 is 1.08 bits per heavy atom. The smallest absolute Gasteiger partial charge is 0.416 e. The Bertz CT molecular complexity index is 1400. The van der Waals surface area contributed by atoms with E-state index in [0.717, 1.165) is 10.4 Å². The number of sulfone groups is 1. The summed E-state index contributed by atoms with van der Waals surface area (Å²) in [5.74, 6) is -1.01. The Hall–Kier alpha value is -2.45. The number of sulfonamides is 1. The summed E-state index contributed by atoms with van der Waals surface area (Å²) in [7, 11) is -7.46. The molecule has 4 rings (SSSR count). The van der Waals surface area contributed by atoms with E-state index in [1.807, 2.05) is 0 Å². The van der Waals surface area contributed by atoms with Gasteiger partial charge in [-0.2, -0.15) is 22.6 Å². The van der Waals surface area contributed by atoms with Crippen LogP contribution in [0.4, 0.5) is 13.2 Å². The van der Waals surface area contributed by atoms with Crippen LogP contribution in [-0.2, 0) is 43.8 Å². The molecule has 1 atom stereocenters. The van der Waals surface area contributed by atoms with Crippen LogP contribution in [0.3, 0.4) is 0 Å². The van der Waals surface area contributed by atoms with E-state index < -0.39 is 58.7 Å². The third kappa shape index (κ3) is 5.41. The molecule has 2 aromatic rings. The molecule has 204 valence electrons. The molecule has 1 heterocycles. The molecule has 0 aliphatic heterocycles. The van der Waals surface area contributed by atoms with Gasteiger partial charge in [0.1, 0.15) is 0 Å². The number of carboxylic acids is 1. The van der Waals surface area contributed by atoms with Crippen LogP contribution >= 0.6 is 0 Å². The SMILES string of the molecule is CN([C@@H]1CCCc2c1cnn2CCC(=O)O)S(=O)(=O)c1cc(C(F)(F)F)cc(S(=O)(=O)C2CCCC2)c1. The summed E-state index contributed by atoms with van der Waals surface area (Å²) in [4.78, 5) is 9.56. The summed E-state index contributed by atoms with van der Waals surface area (Å²) >= 11 is 0. The number of fused-ring (bicyclic) bond motifs is 1. The predicted octanol–water partition coefficient (Wildman–Crippen LogP) is 3.79. The third-order valence-electron chi connectivity index (χ3n) is 7.16. The number of aliphatic carboxylic acids is 1. The summed E-state index contributed by atoms with van der Waals surface area (Å²) in [6.07, 6.45) is -0.277. The van der Waals surface area contributed by atoms with Gasteiger partial charge in [0.25, 0.3) is 0 Å². The second kappa shape index (κ2) is 10.0. The minimum atomic E-state index is -4.95. The van der Waals surface area contributed by atoms with E-state index in [4.69, 9.17) is 5.11 Å². The number of benzene rings is 1. The highest BCUT2D eigenvalue weighted by atomic mass is 32.2. The maximum atomic E-state index is 13.7. The highest BCUT2D eigenvalue weighted by Gasteiger charge is 2.39. The normalized spacial score (nSPS) is 19.3. The lowest BCUT2D eigenvalue weighted by atomic mass is 9.93. The molecule has 1 fully saturated rings. The van der Waals surface area contributed by atoms with Crippen molar-refractivity contribution in [2.75, 3.05) is 7.05 Å². The van der Waals surface area contributed by atoms with Crippen molar-refractivity contribution in [1.82, 2.24) is 14.1 Å². The first-order chi connectivity index (χ1) is 17.2. The van der Waals surface area contributed by atoms with Crippen LogP contribution in [0, 0.1) is 0 Å². The summed E-state index contributed by atoms with van der Waals surface area (Å²) in [6, 6.07) is 1.06. The molecule has 2 aliphatic rings. The minimum absolute atomic E-state index is 0.101. The van der Waals surface area contributed by atoms with Crippen LogP contribution < -0.4 is 0 Å². The second-order valence-corrected chi connectivity index (χ2v) is 13.7. The third-order valence-corrected chi connectivity index (χ3v) is 11.2. The summed E-state index contributed by atoms with van der Waals surface area (Å²) in [5, 5.41) is 12.3. The number of aromatic nitrogens is 2. The lowest BCUT2D eigenvalue weighted by molar-refractivity contribution is -0.138. The molecule has 1 N–H and O–H groups in total. The monoisotopic (exact) mass is 563 g/mol. The zero-order valence-electron chi connectivity index (χ0n) is 20.1. The van der Waals surface area contributed by atoms with Crippen LogP contribution in [0.15, 0.2) is 34.2 Å². The van der Waals surface area contributed by atoms with Gasteiger partial charge >= 0.3 is 12.1 Å². The van der Waals surface area contributed by atoms with E-state index in [2.05, 4.69) is 5.10 Å². The summed E-state index contributed by atoms with van der Waals surface area (Å²) in [6.45, 7) is 0.101. The van der Waals surface area contributed by atoms with Gasteiger partial charge in [0.2, 0.25) is 10.0 Å². The maximum absolute atomic E-state index is 13.7. The first kappa shape index (κ1) is 27.6. The fourth-order valence-electron chi connectivity index (χ4n) is 5.14. The average molecular weight is 564 g/mol. The van der Waals surface area contributed by atoms with E-state index in [0.29, 0.717) is 68.3 Å². The van der Waals surface area contributed by atoms with Crippen LogP contribution in [0.1, 0.15) is 67.8 Å². The van der Waals surface area contributed by atoms with Crippen molar-refractivity contribution < 1.29 is 39.9 Å². The van der Waals surface area contributed by atoms with E-state index in [1.54, 1.807) is 0 Å². The number of alkyl halides is 3. The fraction of sp³-hybridized carbons (Fsp3) is 0.565. The van der Waals surface area contributed by atoms with Gasteiger partial charge in [0.05, 0.1) is 45.8 Å². The zero-order valence-corrected chi connectivity index (χ0v) is 21.7. The van der Waals surface area contributed by atoms with Crippen molar-refractivity contribution in [1.29, 1.82) is 0 Å². The molecule has 0 bridgehead atoms. The van der Waals surface area contributed by atoms with Gasteiger partial charge in [-0.3, -0.25) is 9.48 Å². The molecular formula is C23H28F3N3O6S2. The molecule has 0 saturated heterocycles. The standard InChI is InChI=1S/C23H28F3N3O6S2/c1-28(20-7-4-8-21-19(20)14-27-29(21)10-9-22(30)31)37(34,35)18-12-15(23(24,25)26)11-17(13-18)36(32,33)16-5-2-3-6-16/h11-14,16,20H,2-10H2,1H3,(H,30,31)/t20-/m1/s1. The Kier molecular flexibility index (Phi) is 7.47. The quantitative estimate of drug-likeness (QED) is 0.518. The van der Waals surface area contributed by atoms with Crippen LogP contribution in [0.2, 0.25) is 0 Å².